The molecular weight excluding hydrogens is 548 g/mol. The van der Waals surface area contributed by atoms with Gasteiger partial charge < -0.3 is 9.47 Å². The molecule has 0 spiro atoms. The zero-order valence-electron chi connectivity index (χ0n) is 14.1. The van der Waals surface area contributed by atoms with Gasteiger partial charge in [-0.15, -0.1) is 0 Å². The third-order valence-corrected chi connectivity index (χ3v) is 6.07. The second-order valence-electron chi connectivity index (χ2n) is 5.85. The molecule has 0 atom stereocenters. The van der Waals surface area contributed by atoms with Gasteiger partial charge in [-0.2, -0.15) is 5.10 Å². The van der Waals surface area contributed by atoms with Crippen LogP contribution in [0.5, 0.6) is 11.5 Å². The van der Waals surface area contributed by atoms with Crippen LogP contribution in [0.4, 0.5) is 0 Å². The Balaban J connectivity index is 2.39. The van der Waals surface area contributed by atoms with Crippen molar-refractivity contribution in [1.29, 1.82) is 0 Å². The number of fused-ring (bicyclic) bond motifs is 2. The Bertz CT molecular complexity index is 1300. The molecule has 0 N–H and O–H groups in total. The molecule has 0 aliphatic carbocycles. The van der Waals surface area contributed by atoms with Crippen LogP contribution in [0.25, 0.3) is 27.2 Å². The van der Waals surface area contributed by atoms with E-state index in [1.54, 1.807) is 10.6 Å². The van der Waals surface area contributed by atoms with Crippen LogP contribution in [0.1, 0.15) is 12.6 Å². The van der Waals surface area contributed by atoms with E-state index in [0.717, 1.165) is 11.1 Å². The quantitative estimate of drug-likeness (QED) is 0.156. The molecule has 0 unspecified atom stereocenters. The highest BCUT2D eigenvalue weighted by molar-refractivity contribution is 9.11. The van der Waals surface area contributed by atoms with E-state index in [0.29, 0.717) is 36.4 Å². The van der Waals surface area contributed by atoms with Crippen molar-refractivity contribution >= 4 is 81.0 Å². The smallest absolute Gasteiger partial charge is 0.308 e. The summed E-state index contributed by atoms with van der Waals surface area (Å²) in [5.41, 5.74) is 1.59. The number of rotatable bonds is 3. The first-order valence-electron chi connectivity index (χ1n) is 7.79. The van der Waals surface area contributed by atoms with Crippen molar-refractivity contribution in [2.24, 2.45) is 0 Å². The summed E-state index contributed by atoms with van der Waals surface area (Å²) in [6, 6.07) is 5.34. The number of hydrogen-bond donors (Lipinski definition) is 0. The number of carbonyl (C=O) groups is 1. The highest BCUT2D eigenvalue weighted by atomic mass is 79.9. The number of carbonyl (C=O) groups excluding carboxylic acids is 1. The Morgan fingerprint density at radius 2 is 1.93 bits per heavy atom. The Hall–Kier alpha value is -1.71. The van der Waals surface area contributed by atoms with Crippen LogP contribution >= 0.6 is 47.8 Å². The molecule has 2 aromatic carbocycles. The van der Waals surface area contributed by atoms with Crippen LogP contribution in [0.15, 0.2) is 31.9 Å². The predicted octanol–water partition coefficient (Wildman–Crippen LogP) is 4.79. The van der Waals surface area contributed by atoms with Crippen LogP contribution in [0.2, 0.25) is 0 Å². The number of pyridine rings is 1. The molecule has 4 rings (SSSR count). The molecule has 0 amide bonds. The topological polar surface area (TPSA) is 69.9 Å². The first-order chi connectivity index (χ1) is 12.9. The number of benzene rings is 2. The van der Waals surface area contributed by atoms with Gasteiger partial charge in [-0.1, -0.05) is 15.9 Å². The second-order valence-corrected chi connectivity index (χ2v) is 8.12. The van der Waals surface area contributed by atoms with Gasteiger partial charge in [0.1, 0.15) is 11.3 Å². The van der Waals surface area contributed by atoms with Gasteiger partial charge in [-0.3, -0.25) is 9.59 Å². The first-order valence-corrected chi connectivity index (χ1v) is 10.5. The summed E-state index contributed by atoms with van der Waals surface area (Å²) in [7, 11) is 1.48. The number of aromatic nitrogens is 2. The van der Waals surface area contributed by atoms with Gasteiger partial charge in [-0.25, -0.2) is 4.52 Å². The highest BCUT2D eigenvalue weighted by Gasteiger charge is 2.25. The van der Waals surface area contributed by atoms with Crippen molar-refractivity contribution in [2.75, 3.05) is 7.11 Å². The van der Waals surface area contributed by atoms with E-state index in [4.69, 9.17) is 9.47 Å². The monoisotopic (exact) mass is 556 g/mol. The minimum Gasteiger partial charge on any atom is -0.495 e. The van der Waals surface area contributed by atoms with Crippen LogP contribution in [-0.2, 0) is 10.1 Å². The molecule has 0 saturated carbocycles. The fourth-order valence-corrected chi connectivity index (χ4v) is 4.78. The summed E-state index contributed by atoms with van der Waals surface area (Å²) < 4.78 is 13.7. The van der Waals surface area contributed by atoms with Crippen LogP contribution in [0.3, 0.4) is 0 Å². The van der Waals surface area contributed by atoms with Crippen molar-refractivity contribution in [2.45, 2.75) is 12.3 Å². The highest BCUT2D eigenvalue weighted by Crippen LogP contribution is 2.41. The summed E-state index contributed by atoms with van der Waals surface area (Å²) >= 11 is 10.3. The molecule has 0 fully saturated rings. The van der Waals surface area contributed by atoms with Crippen molar-refractivity contribution in [3.63, 3.8) is 0 Å². The lowest BCUT2D eigenvalue weighted by atomic mass is 10.1. The van der Waals surface area contributed by atoms with Gasteiger partial charge in [0.25, 0.3) is 0 Å². The van der Waals surface area contributed by atoms with Gasteiger partial charge in [0.2, 0.25) is 5.43 Å². The van der Waals surface area contributed by atoms with Crippen molar-refractivity contribution in [1.82, 2.24) is 9.61 Å². The van der Waals surface area contributed by atoms with E-state index in [9.17, 15) is 9.59 Å². The number of halogens is 3. The molecule has 6 nitrogen and oxygen atoms in total. The maximum atomic E-state index is 13.5. The van der Waals surface area contributed by atoms with Gasteiger partial charge in [-0.05, 0) is 44.0 Å². The van der Waals surface area contributed by atoms with Crippen LogP contribution in [-0.4, -0.2) is 22.7 Å². The van der Waals surface area contributed by atoms with Gasteiger partial charge in [0.05, 0.1) is 33.6 Å². The lowest BCUT2D eigenvalue weighted by Gasteiger charge is -2.14. The summed E-state index contributed by atoms with van der Waals surface area (Å²) in [6.07, 6.45) is 0. The molecule has 4 aromatic rings. The zero-order chi connectivity index (χ0) is 19.5. The van der Waals surface area contributed by atoms with E-state index in [1.807, 2.05) is 12.1 Å². The summed E-state index contributed by atoms with van der Waals surface area (Å²) in [4.78, 5) is 25.1. The average molecular weight is 559 g/mol. The Morgan fingerprint density at radius 3 is 2.56 bits per heavy atom. The molecule has 0 saturated heterocycles. The third kappa shape index (κ3) is 2.67. The lowest BCUT2D eigenvalue weighted by Crippen LogP contribution is -2.12. The molecule has 0 aliphatic rings. The number of esters is 1. The molecular formula is C18H11Br3N2O4. The Kier molecular flexibility index (Phi) is 4.64. The van der Waals surface area contributed by atoms with Gasteiger partial charge in [0, 0.05) is 28.2 Å². The molecule has 2 aromatic heterocycles. The van der Waals surface area contributed by atoms with Crippen molar-refractivity contribution in [3.05, 3.63) is 43.1 Å². The number of nitrogens with zero attached hydrogens (tertiary/aromatic N) is 2. The minimum absolute atomic E-state index is 0.231. The molecule has 0 aliphatic heterocycles. The van der Waals surface area contributed by atoms with Gasteiger partial charge >= 0.3 is 5.97 Å². The normalized spacial score (nSPS) is 11.6. The maximum Gasteiger partial charge on any atom is 0.308 e. The lowest BCUT2D eigenvalue weighted by molar-refractivity contribution is -0.131. The number of methoxy groups -OCH3 is 1. The summed E-state index contributed by atoms with van der Waals surface area (Å²) in [6.45, 7) is 1.31. The van der Waals surface area contributed by atoms with E-state index < -0.39 is 5.97 Å². The summed E-state index contributed by atoms with van der Waals surface area (Å²) in [5, 5.41) is 6.80. The maximum absolute atomic E-state index is 13.5. The van der Waals surface area contributed by atoms with Gasteiger partial charge in [0.15, 0.2) is 5.75 Å². The fourth-order valence-electron chi connectivity index (χ4n) is 3.30. The Labute approximate surface area is 178 Å². The molecule has 138 valence electrons. The largest absolute Gasteiger partial charge is 0.495 e. The van der Waals surface area contributed by atoms with Crippen LogP contribution < -0.4 is 14.9 Å². The minimum atomic E-state index is -0.495. The number of ether oxygens (including phenoxy) is 2. The molecule has 27 heavy (non-hydrogen) atoms. The van der Waals surface area contributed by atoms with Crippen molar-refractivity contribution in [3.8, 4) is 11.5 Å². The molecule has 9 heteroatoms. The standard InChI is InChI=1S/C18H11Br3N2O4/c1-7(24)27-12-5-10(21)18(26-2)14-16(12)23-15-8(11(6-19)22-23)3-4-9(20)13(15)17(14)25/h3-5H,6H2,1-2H3. The Morgan fingerprint density at radius 1 is 1.19 bits per heavy atom. The van der Waals surface area contributed by atoms with E-state index in [1.165, 1.54) is 14.0 Å². The first kappa shape index (κ1) is 18.6. The van der Waals surface area contributed by atoms with Crippen molar-refractivity contribution < 1.29 is 14.3 Å². The second kappa shape index (κ2) is 6.72. The third-order valence-electron chi connectivity index (χ3n) is 4.29. The summed E-state index contributed by atoms with van der Waals surface area (Å²) in [5.74, 6) is 0.0943. The van der Waals surface area contributed by atoms with Crippen LogP contribution in [0, 0.1) is 0 Å². The number of hydrogen-bond acceptors (Lipinski definition) is 5. The van der Waals surface area contributed by atoms with E-state index in [2.05, 4.69) is 52.9 Å². The number of alkyl halides is 1. The average Bonchev–Trinajstić information content (AvgIpc) is 2.98. The zero-order valence-corrected chi connectivity index (χ0v) is 18.9. The van der Waals surface area contributed by atoms with E-state index >= 15 is 0 Å². The molecule has 0 radical (unpaired) electrons. The molecule has 2 heterocycles. The fraction of sp³-hybridized carbons (Fsp3) is 0.167. The molecule has 0 bridgehead atoms. The SMILES string of the molecule is COc1c(Br)cc(OC(C)=O)c2c1c(=O)c1c(Br)ccc3c(CBr)nn2c31. The predicted molar refractivity (Wildman–Crippen MR) is 114 cm³/mol. The van der Waals surface area contributed by atoms with E-state index in [-0.39, 0.29) is 16.6 Å².